The summed E-state index contributed by atoms with van der Waals surface area (Å²) in [6, 6.07) is 10.8. The zero-order valence-electron chi connectivity index (χ0n) is 14.8. The summed E-state index contributed by atoms with van der Waals surface area (Å²) in [7, 11) is -0.716. The Morgan fingerprint density at radius 2 is 1.89 bits per heavy atom. The van der Waals surface area contributed by atoms with Crippen LogP contribution in [0.3, 0.4) is 0 Å². The van der Waals surface area contributed by atoms with Crippen molar-refractivity contribution in [2.45, 2.75) is 6.42 Å². The average molecular weight is 390 g/mol. The summed E-state index contributed by atoms with van der Waals surface area (Å²) in [5.41, 5.74) is 0.743. The number of hydrogen-bond acceptors (Lipinski definition) is 6. The van der Waals surface area contributed by atoms with E-state index in [0.29, 0.717) is 17.2 Å². The normalized spacial score (nSPS) is 15.5. The van der Waals surface area contributed by atoms with Crippen LogP contribution in [0, 0.1) is 0 Å². The van der Waals surface area contributed by atoms with E-state index in [1.807, 2.05) is 0 Å². The van der Waals surface area contributed by atoms with Gasteiger partial charge in [-0.05, 0) is 30.3 Å². The molecule has 9 heteroatoms. The van der Waals surface area contributed by atoms with Crippen LogP contribution in [0.4, 0.5) is 11.4 Å². The smallest absolute Gasteiger partial charge is 0.255 e. The van der Waals surface area contributed by atoms with E-state index < -0.39 is 21.8 Å². The molecule has 1 N–H and O–H groups in total. The number of nitrogens with zero attached hydrogens (tertiary/aromatic N) is 1. The van der Waals surface area contributed by atoms with E-state index in [-0.39, 0.29) is 23.4 Å². The molecule has 2 amide bonds. The number of rotatable bonds is 5. The molecule has 0 saturated carbocycles. The van der Waals surface area contributed by atoms with Crippen LogP contribution in [-0.2, 0) is 14.8 Å². The number of ether oxygens (including phenoxy) is 2. The molecule has 0 unspecified atom stereocenters. The molecule has 3 rings (SSSR count). The predicted molar refractivity (Wildman–Crippen MR) is 99.8 cm³/mol. The van der Waals surface area contributed by atoms with Crippen LogP contribution in [0.5, 0.6) is 11.5 Å². The van der Waals surface area contributed by atoms with E-state index in [1.54, 1.807) is 18.2 Å². The minimum absolute atomic E-state index is 0.0697. The van der Waals surface area contributed by atoms with Crippen molar-refractivity contribution >= 4 is 33.2 Å². The van der Waals surface area contributed by atoms with Crippen LogP contribution in [-0.4, -0.2) is 40.2 Å². The average Bonchev–Trinajstić information content (AvgIpc) is 2.94. The van der Waals surface area contributed by atoms with Crippen LogP contribution < -0.4 is 19.1 Å². The van der Waals surface area contributed by atoms with Gasteiger partial charge < -0.3 is 14.8 Å². The first-order valence-corrected chi connectivity index (χ1v) is 9.66. The van der Waals surface area contributed by atoms with Gasteiger partial charge in [-0.1, -0.05) is 6.07 Å². The van der Waals surface area contributed by atoms with E-state index in [2.05, 4.69) is 5.32 Å². The Kier molecular flexibility index (Phi) is 5.04. The van der Waals surface area contributed by atoms with Gasteiger partial charge in [-0.25, -0.2) is 12.7 Å². The lowest BCUT2D eigenvalue weighted by atomic mass is 10.1. The molecule has 1 heterocycles. The quantitative estimate of drug-likeness (QED) is 0.838. The fraction of sp³-hybridized carbons (Fsp3) is 0.222. The van der Waals surface area contributed by atoms with Gasteiger partial charge in [0, 0.05) is 18.1 Å². The van der Waals surface area contributed by atoms with Crippen molar-refractivity contribution in [3.05, 3.63) is 48.0 Å². The van der Waals surface area contributed by atoms with Crippen molar-refractivity contribution in [3.8, 4) is 11.5 Å². The molecule has 27 heavy (non-hydrogen) atoms. The molecule has 0 atom stereocenters. The molecule has 0 aliphatic carbocycles. The van der Waals surface area contributed by atoms with Gasteiger partial charge in [-0.15, -0.1) is 0 Å². The van der Waals surface area contributed by atoms with Gasteiger partial charge in [0.2, 0.25) is 15.9 Å². The van der Waals surface area contributed by atoms with Gasteiger partial charge in [-0.2, -0.15) is 0 Å². The zero-order chi connectivity index (χ0) is 19.6. The maximum absolute atomic E-state index is 12.6. The van der Waals surface area contributed by atoms with Gasteiger partial charge in [0.15, 0.2) is 0 Å². The molecule has 2 aromatic carbocycles. The third kappa shape index (κ3) is 3.72. The summed E-state index contributed by atoms with van der Waals surface area (Å²) in [5.74, 6) is -0.246. The largest absolute Gasteiger partial charge is 0.497 e. The third-order valence-corrected chi connectivity index (χ3v) is 5.77. The molecule has 0 spiro atoms. The summed E-state index contributed by atoms with van der Waals surface area (Å²) >= 11 is 0. The highest BCUT2D eigenvalue weighted by Gasteiger charge is 2.36. The van der Waals surface area contributed by atoms with E-state index in [1.165, 1.54) is 38.5 Å². The van der Waals surface area contributed by atoms with E-state index in [9.17, 15) is 18.0 Å². The van der Waals surface area contributed by atoms with Crippen LogP contribution >= 0.6 is 0 Å². The standard InChI is InChI=1S/C18H18N2O6S/c1-25-14-6-7-16(26-2)15(11-14)19-18(22)12-4-3-5-13(10-12)20-17(21)8-9-27(20,23)24/h3-7,10-11H,8-9H2,1-2H3,(H,19,22). The Hall–Kier alpha value is -3.07. The first-order chi connectivity index (χ1) is 12.9. The Morgan fingerprint density at radius 1 is 1.11 bits per heavy atom. The lowest BCUT2D eigenvalue weighted by Gasteiger charge is -2.16. The molecule has 142 valence electrons. The Balaban J connectivity index is 1.90. The lowest BCUT2D eigenvalue weighted by molar-refractivity contribution is -0.116. The highest BCUT2D eigenvalue weighted by Crippen LogP contribution is 2.30. The minimum atomic E-state index is -3.69. The Morgan fingerprint density at radius 3 is 2.52 bits per heavy atom. The maximum atomic E-state index is 12.6. The van der Waals surface area contributed by atoms with Crippen LogP contribution in [0.25, 0.3) is 0 Å². The SMILES string of the molecule is COc1ccc(OC)c(NC(=O)c2cccc(N3C(=O)CCS3(=O)=O)c2)c1. The van der Waals surface area contributed by atoms with E-state index in [4.69, 9.17) is 9.47 Å². The second-order valence-corrected chi connectivity index (χ2v) is 7.73. The predicted octanol–water partition coefficient (Wildman–Crippen LogP) is 2.02. The fourth-order valence-corrected chi connectivity index (χ4v) is 4.20. The van der Waals surface area contributed by atoms with Crippen molar-refractivity contribution < 1.29 is 27.5 Å². The number of amides is 2. The Labute approximate surface area is 156 Å². The number of sulfonamides is 1. The molecular formula is C18H18N2O6S. The van der Waals surface area contributed by atoms with Gasteiger partial charge in [0.25, 0.3) is 5.91 Å². The monoisotopic (exact) mass is 390 g/mol. The van der Waals surface area contributed by atoms with Crippen molar-refractivity contribution in [2.75, 3.05) is 29.6 Å². The maximum Gasteiger partial charge on any atom is 0.255 e. The molecule has 2 aromatic rings. The highest BCUT2D eigenvalue weighted by atomic mass is 32.2. The fourth-order valence-electron chi connectivity index (χ4n) is 2.75. The second kappa shape index (κ2) is 7.28. The number of nitrogens with one attached hydrogen (secondary N) is 1. The highest BCUT2D eigenvalue weighted by molar-refractivity contribution is 7.94. The molecule has 0 bridgehead atoms. The molecule has 1 aliphatic heterocycles. The van der Waals surface area contributed by atoms with Crippen LogP contribution in [0.1, 0.15) is 16.8 Å². The molecule has 1 saturated heterocycles. The van der Waals surface area contributed by atoms with Gasteiger partial charge in [-0.3, -0.25) is 9.59 Å². The zero-order valence-corrected chi connectivity index (χ0v) is 15.6. The molecular weight excluding hydrogens is 372 g/mol. The van der Waals surface area contributed by atoms with Gasteiger partial charge >= 0.3 is 0 Å². The third-order valence-electron chi connectivity index (χ3n) is 4.08. The van der Waals surface area contributed by atoms with Crippen molar-refractivity contribution in [1.82, 2.24) is 0 Å². The molecule has 1 aliphatic rings. The first-order valence-electron chi connectivity index (χ1n) is 8.05. The lowest BCUT2D eigenvalue weighted by Crippen LogP contribution is -2.29. The van der Waals surface area contributed by atoms with Crippen molar-refractivity contribution in [1.29, 1.82) is 0 Å². The summed E-state index contributed by atoms with van der Waals surface area (Å²) in [5, 5.41) is 2.71. The Bertz CT molecular complexity index is 1000. The molecule has 1 fully saturated rings. The minimum Gasteiger partial charge on any atom is -0.497 e. The second-order valence-electron chi connectivity index (χ2n) is 5.79. The number of hydrogen-bond donors (Lipinski definition) is 1. The molecule has 8 nitrogen and oxygen atoms in total. The summed E-state index contributed by atoms with van der Waals surface area (Å²) in [6.45, 7) is 0. The van der Waals surface area contributed by atoms with E-state index >= 15 is 0 Å². The molecule has 0 radical (unpaired) electrons. The van der Waals surface area contributed by atoms with Crippen LogP contribution in [0.15, 0.2) is 42.5 Å². The van der Waals surface area contributed by atoms with E-state index in [0.717, 1.165) is 4.31 Å². The number of benzene rings is 2. The van der Waals surface area contributed by atoms with Crippen molar-refractivity contribution in [3.63, 3.8) is 0 Å². The number of carbonyl (C=O) groups excluding carboxylic acids is 2. The molecule has 0 aromatic heterocycles. The summed E-state index contributed by atoms with van der Waals surface area (Å²) in [6.07, 6.45) is -0.0697. The van der Waals surface area contributed by atoms with Gasteiger partial charge in [0.1, 0.15) is 11.5 Å². The number of anilines is 2. The number of carbonyl (C=O) groups is 2. The summed E-state index contributed by atoms with van der Waals surface area (Å²) in [4.78, 5) is 24.6. The summed E-state index contributed by atoms with van der Waals surface area (Å²) < 4.78 is 35.3. The topological polar surface area (TPSA) is 102 Å². The number of methoxy groups -OCH3 is 2. The van der Waals surface area contributed by atoms with Gasteiger partial charge in [0.05, 0.1) is 31.3 Å². The van der Waals surface area contributed by atoms with Crippen molar-refractivity contribution in [2.24, 2.45) is 0 Å². The van der Waals surface area contributed by atoms with Crippen LogP contribution in [0.2, 0.25) is 0 Å². The first kappa shape index (κ1) is 18.7.